The van der Waals surface area contributed by atoms with Gasteiger partial charge in [0.1, 0.15) is 5.39 Å². The first-order chi connectivity index (χ1) is 13.6. The zero-order chi connectivity index (χ0) is 21.3. The number of nitrogens with zero attached hydrogens (tertiary/aromatic N) is 5. The molecule has 10 nitrogen and oxygen atoms in total. The summed E-state index contributed by atoms with van der Waals surface area (Å²) in [4.78, 5) is 29.1. The molecule has 0 saturated heterocycles. The second-order valence-corrected chi connectivity index (χ2v) is 8.96. The Bertz CT molecular complexity index is 1240. The minimum atomic E-state index is -3.61. The molecule has 1 amide bonds. The number of anilines is 1. The molecule has 2 aromatic heterocycles. The van der Waals surface area contributed by atoms with E-state index in [0.29, 0.717) is 16.7 Å². The average molecular weight is 418 g/mol. The maximum atomic E-state index is 12.5. The molecule has 2 heterocycles. The smallest absolute Gasteiger partial charge is 0.264 e. The summed E-state index contributed by atoms with van der Waals surface area (Å²) in [5.41, 5.74) is 1.34. The fraction of sp³-hybridized carbons (Fsp3) is 0.333. The third kappa shape index (κ3) is 4.05. The Morgan fingerprint density at radius 3 is 2.69 bits per heavy atom. The molecule has 29 heavy (non-hydrogen) atoms. The molecule has 0 fully saturated rings. The van der Waals surface area contributed by atoms with E-state index in [4.69, 9.17) is 0 Å². The largest absolute Gasteiger partial charge is 0.326 e. The van der Waals surface area contributed by atoms with Crippen molar-refractivity contribution in [3.05, 3.63) is 46.6 Å². The highest BCUT2D eigenvalue weighted by atomic mass is 32.2. The van der Waals surface area contributed by atoms with Gasteiger partial charge in [-0.1, -0.05) is 6.07 Å². The Morgan fingerprint density at radius 2 is 2.00 bits per heavy atom. The molecule has 11 heteroatoms. The number of hydrogen-bond donors (Lipinski definition) is 1. The van der Waals surface area contributed by atoms with Crippen LogP contribution in [0.5, 0.6) is 0 Å². The van der Waals surface area contributed by atoms with Crippen molar-refractivity contribution in [2.24, 2.45) is 7.05 Å². The van der Waals surface area contributed by atoms with E-state index in [1.807, 2.05) is 0 Å². The van der Waals surface area contributed by atoms with Gasteiger partial charge in [-0.05, 0) is 24.6 Å². The zero-order valence-electron chi connectivity index (χ0n) is 16.6. The number of rotatable bonds is 6. The Kier molecular flexibility index (Phi) is 5.53. The molecule has 0 spiro atoms. The fourth-order valence-electron chi connectivity index (χ4n) is 2.77. The summed E-state index contributed by atoms with van der Waals surface area (Å²) >= 11 is 0. The standard InChI is InChI=1S/C18H22N6O4S/c1-12-5-6-13(29(27,28)22(2)3)9-15(12)21-16(25)7-8-24-11-19-17-14(18(24)26)10-20-23(17)4/h5-6,9-11H,7-8H2,1-4H3,(H,21,25). The normalized spacial score (nSPS) is 11.9. The molecular weight excluding hydrogens is 396 g/mol. The van der Waals surface area contributed by atoms with Crippen LogP contribution in [0.15, 0.2) is 40.4 Å². The monoisotopic (exact) mass is 418 g/mol. The molecule has 3 rings (SSSR count). The van der Waals surface area contributed by atoms with E-state index >= 15 is 0 Å². The first-order valence-corrected chi connectivity index (χ1v) is 10.3. The van der Waals surface area contributed by atoms with Crippen LogP contribution in [0.25, 0.3) is 11.0 Å². The summed E-state index contributed by atoms with van der Waals surface area (Å²) in [6, 6.07) is 4.56. The van der Waals surface area contributed by atoms with E-state index in [1.165, 1.54) is 48.0 Å². The first kappa shape index (κ1) is 20.7. The van der Waals surface area contributed by atoms with Gasteiger partial charge in [-0.2, -0.15) is 5.10 Å². The lowest BCUT2D eigenvalue weighted by molar-refractivity contribution is -0.116. The van der Waals surface area contributed by atoms with Crippen LogP contribution >= 0.6 is 0 Å². The third-order valence-electron chi connectivity index (χ3n) is 4.56. The van der Waals surface area contributed by atoms with Crippen molar-refractivity contribution < 1.29 is 13.2 Å². The van der Waals surface area contributed by atoms with Gasteiger partial charge < -0.3 is 5.32 Å². The van der Waals surface area contributed by atoms with E-state index in [2.05, 4.69) is 15.4 Å². The summed E-state index contributed by atoms with van der Waals surface area (Å²) < 4.78 is 28.6. The molecule has 3 aromatic rings. The lowest BCUT2D eigenvalue weighted by atomic mass is 10.2. The molecule has 0 unspecified atom stereocenters. The predicted octanol–water partition coefficient (Wildman–Crippen LogP) is 0.718. The topological polar surface area (TPSA) is 119 Å². The van der Waals surface area contributed by atoms with Crippen LogP contribution in [-0.2, 0) is 28.4 Å². The number of carbonyl (C=O) groups is 1. The molecule has 154 valence electrons. The van der Waals surface area contributed by atoms with Crippen LogP contribution in [0.2, 0.25) is 0 Å². The summed E-state index contributed by atoms with van der Waals surface area (Å²) in [5.74, 6) is -0.342. The van der Waals surface area contributed by atoms with Crippen LogP contribution in [0, 0.1) is 6.92 Å². The van der Waals surface area contributed by atoms with E-state index in [0.717, 1.165) is 9.87 Å². The molecule has 0 aliphatic rings. The molecule has 1 aromatic carbocycles. The van der Waals surface area contributed by atoms with E-state index < -0.39 is 10.0 Å². The number of aromatic nitrogens is 4. The summed E-state index contributed by atoms with van der Waals surface area (Å²) in [6.45, 7) is 1.91. The van der Waals surface area contributed by atoms with Crippen LogP contribution < -0.4 is 10.9 Å². The number of hydrogen-bond acceptors (Lipinski definition) is 6. The maximum absolute atomic E-state index is 12.5. The predicted molar refractivity (Wildman–Crippen MR) is 108 cm³/mol. The zero-order valence-corrected chi connectivity index (χ0v) is 17.4. The molecule has 0 bridgehead atoms. The van der Waals surface area contributed by atoms with Gasteiger partial charge >= 0.3 is 0 Å². The third-order valence-corrected chi connectivity index (χ3v) is 6.37. The SMILES string of the molecule is Cc1ccc(S(=O)(=O)N(C)C)cc1NC(=O)CCn1cnc2c(cnn2C)c1=O. The Labute approximate surface area is 167 Å². The summed E-state index contributed by atoms with van der Waals surface area (Å²) in [5, 5.41) is 7.11. The van der Waals surface area contributed by atoms with E-state index in [9.17, 15) is 18.0 Å². The van der Waals surface area contributed by atoms with Gasteiger partial charge in [0.25, 0.3) is 5.56 Å². The van der Waals surface area contributed by atoms with Crippen molar-refractivity contribution in [3.8, 4) is 0 Å². The highest BCUT2D eigenvalue weighted by Gasteiger charge is 2.19. The van der Waals surface area contributed by atoms with E-state index in [1.54, 1.807) is 20.0 Å². The Morgan fingerprint density at radius 1 is 1.28 bits per heavy atom. The highest BCUT2D eigenvalue weighted by molar-refractivity contribution is 7.89. The van der Waals surface area contributed by atoms with Crippen molar-refractivity contribution in [3.63, 3.8) is 0 Å². The first-order valence-electron chi connectivity index (χ1n) is 8.81. The van der Waals surface area contributed by atoms with Crippen LogP contribution in [0.3, 0.4) is 0 Å². The highest BCUT2D eigenvalue weighted by Crippen LogP contribution is 2.22. The lowest BCUT2D eigenvalue weighted by Gasteiger charge is -2.14. The van der Waals surface area contributed by atoms with Gasteiger partial charge in [0.2, 0.25) is 15.9 Å². The second-order valence-electron chi connectivity index (χ2n) is 6.81. The van der Waals surface area contributed by atoms with Gasteiger partial charge in [-0.3, -0.25) is 18.8 Å². The van der Waals surface area contributed by atoms with Gasteiger partial charge in [0.05, 0.1) is 17.4 Å². The molecule has 0 aliphatic heterocycles. The van der Waals surface area contributed by atoms with Crippen molar-refractivity contribution in [2.75, 3.05) is 19.4 Å². The van der Waals surface area contributed by atoms with Crippen molar-refractivity contribution >= 4 is 32.7 Å². The molecule has 0 aliphatic carbocycles. The van der Waals surface area contributed by atoms with Gasteiger partial charge in [0, 0.05) is 39.8 Å². The molecular formula is C18H22N6O4S. The van der Waals surface area contributed by atoms with Crippen molar-refractivity contribution in [1.29, 1.82) is 0 Å². The number of benzene rings is 1. The number of nitrogens with one attached hydrogen (secondary N) is 1. The molecule has 0 radical (unpaired) electrons. The van der Waals surface area contributed by atoms with E-state index in [-0.39, 0.29) is 29.3 Å². The maximum Gasteiger partial charge on any atom is 0.264 e. The number of sulfonamides is 1. The minimum absolute atomic E-state index is 0.0253. The Hall–Kier alpha value is -3.05. The second kappa shape index (κ2) is 7.76. The van der Waals surface area contributed by atoms with Crippen LogP contribution in [-0.4, -0.2) is 52.1 Å². The molecule has 0 saturated carbocycles. The fourth-order valence-corrected chi connectivity index (χ4v) is 3.70. The average Bonchev–Trinajstić information content (AvgIpc) is 3.04. The summed E-state index contributed by atoms with van der Waals surface area (Å²) in [7, 11) is 0.968. The lowest BCUT2D eigenvalue weighted by Crippen LogP contribution is -2.24. The van der Waals surface area contributed by atoms with Gasteiger partial charge in [0.15, 0.2) is 5.65 Å². The molecule has 1 N–H and O–H groups in total. The van der Waals surface area contributed by atoms with Crippen molar-refractivity contribution in [1.82, 2.24) is 23.6 Å². The summed E-state index contributed by atoms with van der Waals surface area (Å²) in [6.07, 6.45) is 2.86. The minimum Gasteiger partial charge on any atom is -0.326 e. The number of amides is 1. The number of carbonyl (C=O) groups excluding carboxylic acids is 1. The van der Waals surface area contributed by atoms with Gasteiger partial charge in [-0.15, -0.1) is 0 Å². The number of fused-ring (bicyclic) bond motifs is 1. The Balaban J connectivity index is 1.75. The quantitative estimate of drug-likeness (QED) is 0.630. The van der Waals surface area contributed by atoms with Crippen molar-refractivity contribution in [2.45, 2.75) is 24.8 Å². The number of aryl methyl sites for hydroxylation is 3. The molecule has 0 atom stereocenters. The van der Waals surface area contributed by atoms with Gasteiger partial charge in [-0.25, -0.2) is 17.7 Å². The van der Waals surface area contributed by atoms with Crippen LogP contribution in [0.4, 0.5) is 5.69 Å². The van der Waals surface area contributed by atoms with Crippen LogP contribution in [0.1, 0.15) is 12.0 Å².